The third-order valence-corrected chi connectivity index (χ3v) is 6.84. The summed E-state index contributed by atoms with van der Waals surface area (Å²) in [5.74, 6) is -4.04. The minimum atomic E-state index is -4.97. The second-order valence-corrected chi connectivity index (χ2v) is 10.1. The summed E-state index contributed by atoms with van der Waals surface area (Å²) in [4.78, 5) is 33.9. The minimum Gasteiger partial charge on any atom is -0.382 e. The number of aromatic nitrogens is 7. The molecule has 1 aromatic carbocycles. The summed E-state index contributed by atoms with van der Waals surface area (Å²) in [5.41, 5.74) is -0.0120. The van der Waals surface area contributed by atoms with Crippen LogP contribution in [0.1, 0.15) is 24.4 Å². The lowest BCUT2D eigenvalue weighted by Gasteiger charge is -2.33. The van der Waals surface area contributed by atoms with E-state index in [-0.39, 0.29) is 41.7 Å². The standard InChI is InChI=1S/C25H21ClF5N7O3/c26-16-5-3-14(4-6-16)22-35-37(23(41)36(22)11-20(40)25(29,30)31)12-21-33-13-38(34-21)18-2-1-7-32-17(18)8-19(39)15-9-24(27,28)10-15/h1-7,13,15,20,40H,8-12H2/t20-/m0/s1. The number of pyridine rings is 1. The summed E-state index contributed by atoms with van der Waals surface area (Å²) in [7, 11) is 0. The lowest BCUT2D eigenvalue weighted by Crippen LogP contribution is -2.40. The number of hydrogen-bond acceptors (Lipinski definition) is 7. The van der Waals surface area contributed by atoms with E-state index < -0.39 is 49.2 Å². The van der Waals surface area contributed by atoms with Crippen molar-refractivity contribution in [3.8, 4) is 17.1 Å². The molecule has 16 heteroatoms. The fourth-order valence-corrected chi connectivity index (χ4v) is 4.52. The van der Waals surface area contributed by atoms with E-state index in [1.807, 2.05) is 0 Å². The molecule has 4 aromatic rings. The Balaban J connectivity index is 1.41. The fraction of sp³-hybridized carbons (Fsp3) is 0.360. The van der Waals surface area contributed by atoms with E-state index in [4.69, 9.17) is 11.6 Å². The number of ketones is 1. The zero-order chi connectivity index (χ0) is 29.5. The van der Waals surface area contributed by atoms with Crippen LogP contribution in [0.5, 0.6) is 0 Å². The predicted molar refractivity (Wildman–Crippen MR) is 134 cm³/mol. The molecule has 1 saturated carbocycles. The SMILES string of the molecule is O=C(Cc1ncccc1-n1cnc(Cn2nc(-c3ccc(Cl)cc3)n(C[C@H](O)C(F)(F)F)c2=O)n1)C1CC(F)(F)C1. The maximum absolute atomic E-state index is 13.2. The van der Waals surface area contributed by atoms with Crippen LogP contribution in [0.2, 0.25) is 5.02 Å². The third kappa shape index (κ3) is 6.20. The van der Waals surface area contributed by atoms with Crippen molar-refractivity contribution in [2.24, 2.45) is 5.92 Å². The van der Waals surface area contributed by atoms with E-state index in [2.05, 4.69) is 20.2 Å². The van der Waals surface area contributed by atoms with E-state index in [1.165, 1.54) is 41.5 Å². The zero-order valence-corrected chi connectivity index (χ0v) is 21.7. The maximum Gasteiger partial charge on any atom is 0.416 e. The molecule has 1 atom stereocenters. The molecule has 1 aliphatic carbocycles. The average molecular weight is 598 g/mol. The normalized spacial score (nSPS) is 16.0. The Labute approximate surface area is 233 Å². The van der Waals surface area contributed by atoms with Crippen LogP contribution < -0.4 is 5.69 Å². The van der Waals surface area contributed by atoms with Crippen LogP contribution in [0, 0.1) is 5.92 Å². The number of alkyl halides is 5. The van der Waals surface area contributed by atoms with Crippen molar-refractivity contribution in [2.45, 2.75) is 50.6 Å². The van der Waals surface area contributed by atoms with Crippen molar-refractivity contribution in [3.05, 3.63) is 75.9 Å². The Morgan fingerprint density at radius 2 is 1.83 bits per heavy atom. The van der Waals surface area contributed by atoms with Gasteiger partial charge in [-0.1, -0.05) is 11.6 Å². The van der Waals surface area contributed by atoms with Gasteiger partial charge in [0.25, 0.3) is 0 Å². The number of aliphatic hydroxyl groups is 1. The van der Waals surface area contributed by atoms with Crippen molar-refractivity contribution in [2.75, 3.05) is 0 Å². The molecule has 41 heavy (non-hydrogen) atoms. The van der Waals surface area contributed by atoms with Gasteiger partial charge < -0.3 is 5.11 Å². The first-order valence-electron chi connectivity index (χ1n) is 12.2. The smallest absolute Gasteiger partial charge is 0.382 e. The summed E-state index contributed by atoms with van der Waals surface area (Å²) in [6.07, 6.45) is -6.25. The number of rotatable bonds is 9. The largest absolute Gasteiger partial charge is 0.416 e. The lowest BCUT2D eigenvalue weighted by molar-refractivity contribution is -0.207. The highest BCUT2D eigenvalue weighted by Gasteiger charge is 2.48. The Kier molecular flexibility index (Phi) is 7.50. The van der Waals surface area contributed by atoms with Gasteiger partial charge in [-0.05, 0) is 36.4 Å². The van der Waals surface area contributed by atoms with E-state index in [9.17, 15) is 36.6 Å². The van der Waals surface area contributed by atoms with Crippen LogP contribution in [-0.4, -0.2) is 63.2 Å². The Hall–Kier alpha value is -3.98. The summed E-state index contributed by atoms with van der Waals surface area (Å²) in [5, 5.41) is 18.4. The minimum absolute atomic E-state index is 0.0514. The Morgan fingerprint density at radius 1 is 1.12 bits per heavy atom. The van der Waals surface area contributed by atoms with Gasteiger partial charge >= 0.3 is 11.9 Å². The summed E-state index contributed by atoms with van der Waals surface area (Å²) in [6, 6.07) is 9.06. The van der Waals surface area contributed by atoms with Gasteiger partial charge in [-0.25, -0.2) is 27.9 Å². The highest BCUT2D eigenvalue weighted by molar-refractivity contribution is 6.30. The number of hydrogen-bond donors (Lipinski definition) is 1. The van der Waals surface area contributed by atoms with E-state index in [0.29, 0.717) is 15.3 Å². The molecule has 3 heterocycles. The molecule has 5 rings (SSSR count). The van der Waals surface area contributed by atoms with E-state index in [1.54, 1.807) is 12.1 Å². The first-order valence-corrected chi connectivity index (χ1v) is 12.6. The molecule has 1 aliphatic rings. The molecular weight excluding hydrogens is 577 g/mol. The molecule has 0 spiro atoms. The van der Waals surface area contributed by atoms with Gasteiger partial charge in [-0.2, -0.15) is 13.2 Å². The van der Waals surface area contributed by atoms with E-state index >= 15 is 0 Å². The van der Waals surface area contributed by atoms with Crippen molar-refractivity contribution in [1.82, 2.24) is 34.1 Å². The highest BCUT2D eigenvalue weighted by Crippen LogP contribution is 2.43. The van der Waals surface area contributed by atoms with Gasteiger partial charge in [0.05, 0.1) is 24.3 Å². The third-order valence-electron chi connectivity index (χ3n) is 6.59. The van der Waals surface area contributed by atoms with Gasteiger partial charge in [0.15, 0.2) is 17.8 Å². The summed E-state index contributed by atoms with van der Waals surface area (Å²) < 4.78 is 68.5. The topological polar surface area (TPSA) is 121 Å². The van der Waals surface area contributed by atoms with Gasteiger partial charge in [0, 0.05) is 35.5 Å². The van der Waals surface area contributed by atoms with Gasteiger partial charge in [0.2, 0.25) is 5.92 Å². The van der Waals surface area contributed by atoms with Gasteiger partial charge in [0.1, 0.15) is 18.7 Å². The van der Waals surface area contributed by atoms with Crippen LogP contribution in [0.25, 0.3) is 17.1 Å². The number of carbonyl (C=O) groups is 1. The molecule has 0 aliphatic heterocycles. The first kappa shape index (κ1) is 28.5. The number of nitrogens with zero attached hydrogens (tertiary/aromatic N) is 7. The number of Topliss-reactive ketones (excluding diaryl/α,β-unsaturated/α-hetero) is 1. The Bertz CT molecular complexity index is 1620. The number of benzene rings is 1. The molecule has 3 aromatic heterocycles. The molecule has 10 nitrogen and oxygen atoms in total. The highest BCUT2D eigenvalue weighted by atomic mass is 35.5. The van der Waals surface area contributed by atoms with Crippen LogP contribution in [-0.2, 0) is 24.3 Å². The van der Waals surface area contributed by atoms with E-state index in [0.717, 1.165) is 4.68 Å². The zero-order valence-electron chi connectivity index (χ0n) is 21.0. The van der Waals surface area contributed by atoms with Crippen molar-refractivity contribution < 1.29 is 31.9 Å². The summed E-state index contributed by atoms with van der Waals surface area (Å²) in [6.45, 7) is -1.44. The van der Waals surface area contributed by atoms with Gasteiger partial charge in [-0.15, -0.1) is 10.2 Å². The molecule has 216 valence electrons. The molecular formula is C25H21ClF5N7O3. The van der Waals surface area contributed by atoms with Crippen LogP contribution in [0.4, 0.5) is 22.0 Å². The van der Waals surface area contributed by atoms with Crippen molar-refractivity contribution in [1.29, 1.82) is 0 Å². The van der Waals surface area contributed by atoms with Crippen molar-refractivity contribution >= 4 is 17.4 Å². The Morgan fingerprint density at radius 3 is 2.49 bits per heavy atom. The second kappa shape index (κ2) is 10.8. The quantitative estimate of drug-likeness (QED) is 0.293. The fourth-order valence-electron chi connectivity index (χ4n) is 4.39. The van der Waals surface area contributed by atoms with Crippen LogP contribution >= 0.6 is 11.6 Å². The molecule has 1 fully saturated rings. The van der Waals surface area contributed by atoms with Gasteiger partial charge in [-0.3, -0.25) is 14.3 Å². The number of halogens is 6. The lowest BCUT2D eigenvalue weighted by atomic mass is 9.77. The molecule has 1 N–H and O–H groups in total. The second-order valence-electron chi connectivity index (χ2n) is 9.62. The molecule has 0 bridgehead atoms. The predicted octanol–water partition coefficient (Wildman–Crippen LogP) is 3.47. The van der Waals surface area contributed by atoms with Crippen LogP contribution in [0.3, 0.4) is 0 Å². The summed E-state index contributed by atoms with van der Waals surface area (Å²) >= 11 is 5.90. The number of carbonyl (C=O) groups excluding carboxylic acids is 1. The van der Waals surface area contributed by atoms with Crippen LogP contribution in [0.15, 0.2) is 53.7 Å². The first-order chi connectivity index (χ1) is 19.3. The monoisotopic (exact) mass is 597 g/mol. The van der Waals surface area contributed by atoms with Crippen molar-refractivity contribution in [3.63, 3.8) is 0 Å². The number of aliphatic hydroxyl groups excluding tert-OH is 1. The molecule has 0 saturated heterocycles. The molecule has 0 radical (unpaired) electrons. The molecule has 0 amide bonds. The maximum atomic E-state index is 13.2. The average Bonchev–Trinajstić information content (AvgIpc) is 3.48. The molecule has 0 unspecified atom stereocenters.